The van der Waals surface area contributed by atoms with Gasteiger partial charge < -0.3 is 20.1 Å². The second-order valence-electron chi connectivity index (χ2n) is 11.3. The third-order valence-electron chi connectivity index (χ3n) is 10.2. The number of fused-ring (bicyclic) bond motifs is 5. The van der Waals surface area contributed by atoms with E-state index in [0.717, 1.165) is 25.7 Å². The van der Waals surface area contributed by atoms with Gasteiger partial charge in [0, 0.05) is 5.97 Å². The van der Waals surface area contributed by atoms with Crippen molar-refractivity contribution in [3.63, 3.8) is 0 Å². The van der Waals surface area contributed by atoms with E-state index in [2.05, 4.69) is 20.8 Å². The second-order valence-corrected chi connectivity index (χ2v) is 11.3. The van der Waals surface area contributed by atoms with E-state index in [1.54, 1.807) is 0 Å². The van der Waals surface area contributed by atoms with Crippen molar-refractivity contribution >= 4 is 5.97 Å². The van der Waals surface area contributed by atoms with Gasteiger partial charge in [-0.3, -0.25) is 0 Å². The molecule has 0 spiro atoms. The van der Waals surface area contributed by atoms with E-state index in [0.29, 0.717) is 41.9 Å². The fraction of sp³-hybridized carbons (Fsp3) is 0.958. The SMILES string of the molecule is CC(CCC(=O)[O-])C1CCC2C3C(O)CC4CC(O)CCC4(C)C3CCC12C.[Na+]. The molecule has 4 aliphatic carbocycles. The van der Waals surface area contributed by atoms with Crippen LogP contribution in [-0.4, -0.2) is 28.4 Å². The molecule has 4 aliphatic rings. The van der Waals surface area contributed by atoms with Gasteiger partial charge in [0.1, 0.15) is 0 Å². The molecular weight excluding hydrogens is 375 g/mol. The number of aliphatic hydroxyl groups is 2. The molecule has 0 aromatic rings. The maximum Gasteiger partial charge on any atom is 1.00 e. The van der Waals surface area contributed by atoms with Gasteiger partial charge in [-0.05, 0) is 111 Å². The van der Waals surface area contributed by atoms with Gasteiger partial charge in [-0.25, -0.2) is 0 Å². The molecule has 0 amide bonds. The molecule has 0 aromatic heterocycles. The van der Waals surface area contributed by atoms with Crippen molar-refractivity contribution in [3.05, 3.63) is 0 Å². The predicted octanol–water partition coefficient (Wildman–Crippen LogP) is 0.147. The average molecular weight is 415 g/mol. The Labute approximate surface area is 198 Å². The summed E-state index contributed by atoms with van der Waals surface area (Å²) in [5, 5.41) is 32.4. The Bertz CT molecular complexity index is 612. The Morgan fingerprint density at radius 3 is 2.38 bits per heavy atom. The van der Waals surface area contributed by atoms with Crippen molar-refractivity contribution in [1.29, 1.82) is 0 Å². The number of aliphatic hydroxyl groups excluding tert-OH is 2. The van der Waals surface area contributed by atoms with Gasteiger partial charge in [0.15, 0.2) is 0 Å². The molecule has 0 heterocycles. The molecule has 4 fully saturated rings. The summed E-state index contributed by atoms with van der Waals surface area (Å²) < 4.78 is 0. The van der Waals surface area contributed by atoms with Crippen LogP contribution in [0.25, 0.3) is 0 Å². The van der Waals surface area contributed by atoms with Crippen LogP contribution in [0.4, 0.5) is 0 Å². The van der Waals surface area contributed by atoms with Crippen LogP contribution in [0.1, 0.15) is 85.0 Å². The van der Waals surface area contributed by atoms with Crippen molar-refractivity contribution in [3.8, 4) is 0 Å². The zero-order chi connectivity index (χ0) is 20.3. The molecule has 4 saturated carbocycles. The fourth-order valence-corrected chi connectivity index (χ4v) is 8.72. The third kappa shape index (κ3) is 3.99. The van der Waals surface area contributed by atoms with Gasteiger partial charge in [0.25, 0.3) is 0 Å². The fourth-order valence-electron chi connectivity index (χ4n) is 8.72. The molecule has 10 atom stereocenters. The number of carbonyl (C=O) groups excluding carboxylic acids is 1. The molecule has 0 aliphatic heterocycles. The predicted molar refractivity (Wildman–Crippen MR) is 106 cm³/mol. The van der Waals surface area contributed by atoms with E-state index in [1.165, 1.54) is 25.7 Å². The van der Waals surface area contributed by atoms with E-state index < -0.39 is 5.97 Å². The largest absolute Gasteiger partial charge is 1.00 e. The molecular formula is C24H39NaO4. The van der Waals surface area contributed by atoms with Crippen LogP contribution in [0.15, 0.2) is 0 Å². The average Bonchev–Trinajstić information content (AvgIpc) is 2.98. The van der Waals surface area contributed by atoms with Crippen molar-refractivity contribution in [1.82, 2.24) is 0 Å². The molecule has 10 unspecified atom stereocenters. The second kappa shape index (κ2) is 8.73. The Morgan fingerprint density at radius 1 is 1.03 bits per heavy atom. The molecule has 0 bridgehead atoms. The van der Waals surface area contributed by atoms with Gasteiger partial charge in [0.2, 0.25) is 0 Å². The zero-order valence-corrected chi connectivity index (χ0v) is 20.9. The molecule has 2 N–H and O–H groups in total. The maximum atomic E-state index is 11.2. The van der Waals surface area contributed by atoms with Gasteiger partial charge in [0.05, 0.1) is 12.2 Å². The molecule has 160 valence electrons. The van der Waals surface area contributed by atoms with Crippen LogP contribution in [-0.2, 0) is 4.79 Å². The Balaban J connectivity index is 0.00000240. The summed E-state index contributed by atoms with van der Waals surface area (Å²) in [6, 6.07) is 0. The molecule has 0 radical (unpaired) electrons. The molecule has 4 rings (SSSR count). The van der Waals surface area contributed by atoms with Gasteiger partial charge in [-0.2, -0.15) is 0 Å². The molecule has 4 nitrogen and oxygen atoms in total. The number of carboxylic acid groups (broad SMARTS) is 1. The summed E-state index contributed by atoms with van der Waals surface area (Å²) in [5.74, 6) is 1.99. The first-order chi connectivity index (χ1) is 13.2. The summed E-state index contributed by atoms with van der Waals surface area (Å²) >= 11 is 0. The summed E-state index contributed by atoms with van der Waals surface area (Å²) in [6.07, 6.45) is 8.91. The van der Waals surface area contributed by atoms with E-state index in [9.17, 15) is 20.1 Å². The molecule has 5 heteroatoms. The molecule has 0 aromatic carbocycles. The van der Waals surface area contributed by atoms with Gasteiger partial charge in [-0.15, -0.1) is 0 Å². The van der Waals surface area contributed by atoms with Crippen molar-refractivity contribution in [2.75, 3.05) is 0 Å². The van der Waals surface area contributed by atoms with Crippen molar-refractivity contribution in [2.45, 2.75) is 97.2 Å². The number of hydrogen-bond donors (Lipinski definition) is 2. The first kappa shape index (κ1) is 24.0. The number of aliphatic carboxylic acids is 1. The van der Waals surface area contributed by atoms with E-state index in [4.69, 9.17) is 0 Å². The minimum atomic E-state index is -0.934. The van der Waals surface area contributed by atoms with Crippen LogP contribution in [0.3, 0.4) is 0 Å². The number of carboxylic acids is 1. The Hall–Kier alpha value is 0.390. The van der Waals surface area contributed by atoms with E-state index >= 15 is 0 Å². The standard InChI is InChI=1S/C24H40O4.Na/c1-14(4-7-21(27)28)17-5-6-18-22-19(9-11-24(17,18)3)23(2)10-8-16(25)12-15(23)13-20(22)26;/h14-20,22,25-26H,4-13H2,1-3H3,(H,27,28);/q;+1/p-1. The Kier molecular flexibility index (Phi) is 7.24. The summed E-state index contributed by atoms with van der Waals surface area (Å²) in [4.78, 5) is 10.9. The van der Waals surface area contributed by atoms with Crippen LogP contribution in [0.5, 0.6) is 0 Å². The number of hydrogen-bond acceptors (Lipinski definition) is 4. The quantitative estimate of drug-likeness (QED) is 0.642. The topological polar surface area (TPSA) is 80.6 Å². The van der Waals surface area contributed by atoms with Gasteiger partial charge in [-0.1, -0.05) is 20.8 Å². The van der Waals surface area contributed by atoms with Crippen molar-refractivity contribution < 1.29 is 49.7 Å². The smallest absolute Gasteiger partial charge is 0.550 e. The van der Waals surface area contributed by atoms with Crippen LogP contribution >= 0.6 is 0 Å². The minimum absolute atomic E-state index is 0. The Morgan fingerprint density at radius 2 is 1.69 bits per heavy atom. The zero-order valence-electron chi connectivity index (χ0n) is 18.9. The van der Waals surface area contributed by atoms with Crippen LogP contribution < -0.4 is 34.7 Å². The van der Waals surface area contributed by atoms with E-state index in [1.807, 2.05) is 0 Å². The first-order valence-corrected chi connectivity index (χ1v) is 11.7. The van der Waals surface area contributed by atoms with Gasteiger partial charge >= 0.3 is 29.6 Å². The molecule has 29 heavy (non-hydrogen) atoms. The normalized spacial score (nSPS) is 49.9. The summed E-state index contributed by atoms with van der Waals surface area (Å²) in [5.41, 5.74) is 0.494. The van der Waals surface area contributed by atoms with E-state index in [-0.39, 0.29) is 59.0 Å². The minimum Gasteiger partial charge on any atom is -0.550 e. The third-order valence-corrected chi connectivity index (χ3v) is 10.2. The summed E-state index contributed by atoms with van der Waals surface area (Å²) in [6.45, 7) is 7.11. The molecule has 0 saturated heterocycles. The maximum absolute atomic E-state index is 11.2. The van der Waals surface area contributed by atoms with Crippen molar-refractivity contribution in [2.24, 2.45) is 46.3 Å². The number of carbonyl (C=O) groups is 1. The monoisotopic (exact) mass is 414 g/mol. The number of rotatable bonds is 4. The first-order valence-electron chi connectivity index (χ1n) is 11.7. The van der Waals surface area contributed by atoms with Crippen LogP contribution in [0.2, 0.25) is 0 Å². The summed E-state index contributed by atoms with van der Waals surface area (Å²) in [7, 11) is 0. The van der Waals surface area contributed by atoms with Crippen LogP contribution in [0, 0.1) is 46.3 Å².